The number of benzene rings is 1. The van der Waals surface area contributed by atoms with E-state index in [1.54, 1.807) is 49.9 Å². The highest BCUT2D eigenvalue weighted by molar-refractivity contribution is 5.95. The third-order valence-corrected chi connectivity index (χ3v) is 4.73. The number of alkyl carbamates (subject to hydrolysis) is 1. The standard InChI is InChI=1S/C22H33N3O6/c1-5-30-13-12-24-10-11-25(19(26)15-24)17-8-6-16(7-9-17)14-18(20(27)28)23-21(29)31-22(2,3)4/h6-9,18H,5,10-15H2,1-4H3,(H,23,29)(H,27,28). The molecule has 9 nitrogen and oxygen atoms in total. The van der Waals surface area contributed by atoms with Gasteiger partial charge in [0.15, 0.2) is 0 Å². The van der Waals surface area contributed by atoms with Crippen molar-refractivity contribution < 1.29 is 29.0 Å². The topological polar surface area (TPSA) is 108 Å². The van der Waals surface area contributed by atoms with Gasteiger partial charge in [0.1, 0.15) is 11.6 Å². The molecule has 0 bridgehead atoms. The molecule has 1 aromatic carbocycles. The SMILES string of the molecule is CCOCCN1CCN(c2ccc(CC(NC(=O)OC(C)(C)C)C(=O)O)cc2)C(=O)C1. The van der Waals surface area contributed by atoms with Crippen molar-refractivity contribution in [3.8, 4) is 0 Å². The Hall–Kier alpha value is -2.65. The van der Waals surface area contributed by atoms with Gasteiger partial charge in [-0.2, -0.15) is 0 Å². The first-order valence-electron chi connectivity index (χ1n) is 10.5. The predicted molar refractivity (Wildman–Crippen MR) is 116 cm³/mol. The minimum Gasteiger partial charge on any atom is -0.480 e. The summed E-state index contributed by atoms with van der Waals surface area (Å²) >= 11 is 0. The first-order chi connectivity index (χ1) is 14.6. The lowest BCUT2D eigenvalue weighted by Gasteiger charge is -2.34. The fraction of sp³-hybridized carbons (Fsp3) is 0.591. The number of ether oxygens (including phenoxy) is 2. The van der Waals surface area contributed by atoms with Gasteiger partial charge in [-0.1, -0.05) is 12.1 Å². The Kier molecular flexibility index (Phi) is 8.82. The molecule has 1 aliphatic heterocycles. The third-order valence-electron chi connectivity index (χ3n) is 4.73. The van der Waals surface area contributed by atoms with Crippen LogP contribution in [0.4, 0.5) is 10.5 Å². The Bertz CT molecular complexity index is 760. The maximum absolute atomic E-state index is 12.5. The predicted octanol–water partition coefficient (Wildman–Crippen LogP) is 1.89. The van der Waals surface area contributed by atoms with Gasteiger partial charge in [-0.25, -0.2) is 9.59 Å². The summed E-state index contributed by atoms with van der Waals surface area (Å²) in [7, 11) is 0. The van der Waals surface area contributed by atoms with Crippen LogP contribution in [-0.2, 0) is 25.5 Å². The molecular formula is C22H33N3O6. The van der Waals surface area contributed by atoms with E-state index in [4.69, 9.17) is 9.47 Å². The average Bonchev–Trinajstić information content (AvgIpc) is 2.67. The zero-order chi connectivity index (χ0) is 23.0. The lowest BCUT2D eigenvalue weighted by Crippen LogP contribution is -2.51. The number of nitrogens with zero attached hydrogens (tertiary/aromatic N) is 2. The van der Waals surface area contributed by atoms with Crippen LogP contribution in [0.5, 0.6) is 0 Å². The number of carboxylic acid groups (broad SMARTS) is 1. The fourth-order valence-corrected chi connectivity index (χ4v) is 3.22. The minimum absolute atomic E-state index is 0.0190. The number of hydrogen-bond acceptors (Lipinski definition) is 6. The molecule has 1 aliphatic rings. The van der Waals surface area contributed by atoms with Crippen LogP contribution < -0.4 is 10.2 Å². The highest BCUT2D eigenvalue weighted by Gasteiger charge is 2.26. The number of carbonyl (C=O) groups is 3. The van der Waals surface area contributed by atoms with Crippen LogP contribution in [-0.4, -0.2) is 79.0 Å². The molecule has 2 N–H and O–H groups in total. The van der Waals surface area contributed by atoms with Gasteiger partial charge < -0.3 is 24.8 Å². The molecule has 0 aliphatic carbocycles. The second-order valence-corrected chi connectivity index (χ2v) is 8.43. The first kappa shape index (κ1) is 24.6. The Balaban J connectivity index is 1.94. The summed E-state index contributed by atoms with van der Waals surface area (Å²) in [5.41, 5.74) is 0.786. The van der Waals surface area contributed by atoms with Gasteiger partial charge in [0.05, 0.1) is 13.2 Å². The molecule has 1 atom stereocenters. The van der Waals surface area contributed by atoms with E-state index in [0.29, 0.717) is 26.3 Å². The number of piperazine rings is 1. The highest BCUT2D eigenvalue weighted by atomic mass is 16.6. The molecule has 0 aromatic heterocycles. The number of aliphatic carboxylic acids is 1. The smallest absolute Gasteiger partial charge is 0.408 e. The van der Waals surface area contributed by atoms with Crippen molar-refractivity contribution in [2.24, 2.45) is 0 Å². The molecule has 0 radical (unpaired) electrons. The van der Waals surface area contributed by atoms with Gasteiger partial charge in [0, 0.05) is 38.3 Å². The summed E-state index contributed by atoms with van der Waals surface area (Å²) < 4.78 is 10.5. The Morgan fingerprint density at radius 1 is 1.19 bits per heavy atom. The van der Waals surface area contributed by atoms with E-state index >= 15 is 0 Å². The van der Waals surface area contributed by atoms with Crippen molar-refractivity contribution in [3.63, 3.8) is 0 Å². The Morgan fingerprint density at radius 2 is 1.87 bits per heavy atom. The number of carboxylic acids is 1. The summed E-state index contributed by atoms with van der Waals surface area (Å²) in [6, 6.07) is 6.04. The van der Waals surface area contributed by atoms with Gasteiger partial charge >= 0.3 is 12.1 Å². The van der Waals surface area contributed by atoms with Crippen LogP contribution in [0.25, 0.3) is 0 Å². The van der Waals surface area contributed by atoms with E-state index in [2.05, 4.69) is 10.2 Å². The molecule has 172 valence electrons. The fourth-order valence-electron chi connectivity index (χ4n) is 3.22. The van der Waals surface area contributed by atoms with Crippen LogP contribution in [0.1, 0.15) is 33.3 Å². The second-order valence-electron chi connectivity index (χ2n) is 8.43. The van der Waals surface area contributed by atoms with Gasteiger partial charge in [-0.15, -0.1) is 0 Å². The van der Waals surface area contributed by atoms with Crippen LogP contribution in [0.15, 0.2) is 24.3 Å². The lowest BCUT2D eigenvalue weighted by atomic mass is 10.1. The lowest BCUT2D eigenvalue weighted by molar-refractivity contribution is -0.139. The van der Waals surface area contributed by atoms with Crippen molar-refractivity contribution in [1.29, 1.82) is 0 Å². The number of anilines is 1. The van der Waals surface area contributed by atoms with Crippen LogP contribution in [0.3, 0.4) is 0 Å². The van der Waals surface area contributed by atoms with Crippen molar-refractivity contribution in [3.05, 3.63) is 29.8 Å². The summed E-state index contributed by atoms with van der Waals surface area (Å²) in [4.78, 5) is 39.8. The Morgan fingerprint density at radius 3 is 2.42 bits per heavy atom. The minimum atomic E-state index is -1.15. The number of nitrogens with one attached hydrogen (secondary N) is 1. The zero-order valence-electron chi connectivity index (χ0n) is 18.7. The van der Waals surface area contributed by atoms with E-state index in [0.717, 1.165) is 24.3 Å². The van der Waals surface area contributed by atoms with Gasteiger partial charge in [-0.05, 0) is 45.4 Å². The van der Waals surface area contributed by atoms with Gasteiger partial charge in [-0.3, -0.25) is 9.69 Å². The van der Waals surface area contributed by atoms with E-state index in [-0.39, 0.29) is 12.3 Å². The number of rotatable bonds is 9. The molecule has 31 heavy (non-hydrogen) atoms. The number of carbonyl (C=O) groups excluding carboxylic acids is 2. The maximum atomic E-state index is 12.5. The van der Waals surface area contributed by atoms with Crippen LogP contribution in [0, 0.1) is 0 Å². The van der Waals surface area contributed by atoms with Crippen LogP contribution >= 0.6 is 0 Å². The summed E-state index contributed by atoms with van der Waals surface area (Å²) in [6.45, 7) is 10.8. The second kappa shape index (κ2) is 11.1. The third kappa shape index (κ3) is 8.18. The average molecular weight is 436 g/mol. The molecule has 2 rings (SSSR count). The molecule has 0 spiro atoms. The highest BCUT2D eigenvalue weighted by Crippen LogP contribution is 2.19. The first-order valence-corrected chi connectivity index (χ1v) is 10.5. The van der Waals surface area contributed by atoms with E-state index in [1.807, 2.05) is 6.92 Å². The molecule has 1 aromatic rings. The quantitative estimate of drug-likeness (QED) is 0.570. The molecule has 0 saturated carbocycles. The van der Waals surface area contributed by atoms with Crippen molar-refractivity contribution in [2.45, 2.75) is 45.8 Å². The summed E-state index contributed by atoms with van der Waals surface area (Å²) in [5, 5.41) is 11.8. The van der Waals surface area contributed by atoms with Crippen molar-refractivity contribution in [2.75, 3.05) is 44.3 Å². The molecule has 1 heterocycles. The molecule has 1 fully saturated rings. The molecule has 9 heteroatoms. The maximum Gasteiger partial charge on any atom is 0.408 e. The number of amides is 2. The van der Waals surface area contributed by atoms with Crippen molar-refractivity contribution >= 4 is 23.7 Å². The van der Waals surface area contributed by atoms with Gasteiger partial charge in [0.2, 0.25) is 5.91 Å². The molecular weight excluding hydrogens is 402 g/mol. The normalized spacial score (nSPS) is 16.1. The van der Waals surface area contributed by atoms with Gasteiger partial charge in [0.25, 0.3) is 0 Å². The monoisotopic (exact) mass is 435 g/mol. The molecule has 1 saturated heterocycles. The van der Waals surface area contributed by atoms with Crippen LogP contribution in [0.2, 0.25) is 0 Å². The van der Waals surface area contributed by atoms with E-state index in [9.17, 15) is 19.5 Å². The van der Waals surface area contributed by atoms with E-state index < -0.39 is 23.7 Å². The van der Waals surface area contributed by atoms with Crippen molar-refractivity contribution in [1.82, 2.24) is 10.2 Å². The summed E-state index contributed by atoms with van der Waals surface area (Å²) in [6.07, 6.45) is -0.669. The molecule has 2 amide bonds. The molecule has 1 unspecified atom stereocenters. The largest absolute Gasteiger partial charge is 0.480 e. The Labute approximate surface area is 183 Å². The summed E-state index contributed by atoms with van der Waals surface area (Å²) in [5.74, 6) is -1.13. The number of hydrogen-bond donors (Lipinski definition) is 2. The van der Waals surface area contributed by atoms with E-state index in [1.165, 1.54) is 0 Å². The zero-order valence-corrected chi connectivity index (χ0v) is 18.7.